The summed E-state index contributed by atoms with van der Waals surface area (Å²) in [6, 6.07) is 0.719. The molecule has 3 aliphatic rings. The molecular formula is C12H17AsIN4+. The van der Waals surface area contributed by atoms with E-state index in [0.717, 1.165) is 13.3 Å². The molecule has 2 heterocycles. The zero-order valence-electron chi connectivity index (χ0n) is 10.5. The molecule has 0 spiro atoms. The van der Waals surface area contributed by atoms with Gasteiger partial charge in [-0.1, -0.05) is 0 Å². The average Bonchev–Trinajstić information content (AvgIpc) is 2.49. The summed E-state index contributed by atoms with van der Waals surface area (Å²) in [5.41, 5.74) is 2.55. The van der Waals surface area contributed by atoms with Crippen molar-refractivity contribution in [3.05, 3.63) is 23.8 Å². The van der Waals surface area contributed by atoms with Gasteiger partial charge >= 0.3 is 131 Å². The zero-order chi connectivity index (χ0) is 12.9. The van der Waals surface area contributed by atoms with Gasteiger partial charge in [-0.25, -0.2) is 0 Å². The Kier molecular flexibility index (Phi) is 3.29. The third-order valence-corrected chi connectivity index (χ3v) is 7.59. The van der Waals surface area contributed by atoms with Crippen LogP contribution in [0.5, 0.6) is 0 Å². The third-order valence-electron chi connectivity index (χ3n) is 3.99. The molecule has 0 aromatic rings. The molecule has 1 aliphatic carbocycles. The molecule has 2 unspecified atom stereocenters. The molecule has 0 radical (unpaired) electrons. The standard InChI is InChI=1S/C12H17AsIN4/c1-17(2)9-5-8(6-9)11-10-7-15-3-4-18(10,13)12(14)16-11/h3-4,7-9H,5-6,13H2,1-2H3/q+1. The van der Waals surface area contributed by atoms with Gasteiger partial charge in [-0.2, -0.15) is 0 Å². The first-order chi connectivity index (χ1) is 8.52. The predicted molar refractivity (Wildman–Crippen MR) is 85.1 cm³/mol. The number of allylic oxidation sites excluding steroid dienone is 2. The molecule has 2 atom stereocenters. The van der Waals surface area contributed by atoms with Crippen LogP contribution in [0.1, 0.15) is 12.8 Å². The number of amidine groups is 1. The second-order valence-electron chi connectivity index (χ2n) is 5.29. The number of quaternary nitrogens is 1. The summed E-state index contributed by atoms with van der Waals surface area (Å²) < 4.78 is 1.91. The fourth-order valence-electron chi connectivity index (χ4n) is 2.62. The van der Waals surface area contributed by atoms with Crippen LogP contribution >= 0.6 is 22.6 Å². The summed E-state index contributed by atoms with van der Waals surface area (Å²) in [5.74, 6) is 0.617. The number of halogens is 1. The number of hydrogen-bond acceptors (Lipinski definition) is 3. The molecular weight excluding hydrogens is 402 g/mol. The van der Waals surface area contributed by atoms with E-state index >= 15 is 0 Å². The minimum atomic E-state index is 0.617. The van der Waals surface area contributed by atoms with Crippen molar-refractivity contribution in [2.45, 2.75) is 18.9 Å². The van der Waals surface area contributed by atoms with Gasteiger partial charge in [0.25, 0.3) is 0 Å². The number of nitrogens with zero attached hydrogens (tertiary/aromatic N) is 4. The summed E-state index contributed by atoms with van der Waals surface area (Å²) in [7, 11) is 4.32. The Labute approximate surface area is 130 Å². The second-order valence-corrected chi connectivity index (χ2v) is 7.96. The number of rotatable bonds is 2. The van der Waals surface area contributed by atoms with E-state index < -0.39 is 0 Å². The number of hydrogen-bond donors (Lipinski definition) is 0. The van der Waals surface area contributed by atoms with Crippen molar-refractivity contribution < 1.29 is 3.40 Å². The quantitative estimate of drug-likeness (QED) is 0.377. The Hall–Kier alpha value is 0.0284. The van der Waals surface area contributed by atoms with Gasteiger partial charge in [0, 0.05) is 0 Å². The van der Waals surface area contributed by atoms with Gasteiger partial charge in [-0.15, -0.1) is 0 Å². The summed E-state index contributed by atoms with van der Waals surface area (Å²) in [6.45, 7) is 0. The summed E-state index contributed by atoms with van der Waals surface area (Å²) in [6.07, 6.45) is 8.46. The Morgan fingerprint density at radius 3 is 2.83 bits per heavy atom. The van der Waals surface area contributed by atoms with Crippen LogP contribution in [0.4, 0.5) is 0 Å². The summed E-state index contributed by atoms with van der Waals surface area (Å²) in [4.78, 5) is 11.4. The number of aliphatic imine (C=N–C) groups is 2. The van der Waals surface area contributed by atoms with Crippen molar-refractivity contribution in [1.29, 1.82) is 0 Å². The monoisotopic (exact) mass is 419 g/mol. The van der Waals surface area contributed by atoms with Crippen molar-refractivity contribution >= 4 is 49.7 Å². The Morgan fingerprint density at radius 2 is 2.17 bits per heavy atom. The van der Waals surface area contributed by atoms with Gasteiger partial charge in [0.05, 0.1) is 0 Å². The Bertz CT molecular complexity index is 502. The van der Waals surface area contributed by atoms with E-state index in [1.807, 2.05) is 12.4 Å². The van der Waals surface area contributed by atoms with Crippen molar-refractivity contribution in [1.82, 2.24) is 4.90 Å². The minimum absolute atomic E-state index is 0.617. The first-order valence-electron chi connectivity index (χ1n) is 6.06. The fraction of sp³-hybridized carbons (Fsp3) is 0.500. The van der Waals surface area contributed by atoms with Gasteiger partial charge in [0.15, 0.2) is 0 Å². The molecule has 0 N–H and O–H groups in total. The molecule has 3 rings (SSSR count). The van der Waals surface area contributed by atoms with Crippen molar-refractivity contribution in [3.8, 4) is 0 Å². The maximum absolute atomic E-state index is 4.83. The predicted octanol–water partition coefficient (Wildman–Crippen LogP) is 1.26. The van der Waals surface area contributed by atoms with Crippen LogP contribution in [0.2, 0.25) is 0 Å². The van der Waals surface area contributed by atoms with E-state index in [1.54, 1.807) is 17.1 Å². The molecule has 0 aromatic carbocycles. The van der Waals surface area contributed by atoms with Gasteiger partial charge < -0.3 is 0 Å². The van der Waals surface area contributed by atoms with Crippen LogP contribution in [-0.2, 0) is 0 Å². The van der Waals surface area contributed by atoms with Gasteiger partial charge in [-0.3, -0.25) is 0 Å². The molecule has 2 aliphatic heterocycles. The average molecular weight is 419 g/mol. The molecule has 18 heavy (non-hydrogen) atoms. The molecule has 0 saturated heterocycles. The molecule has 4 nitrogen and oxygen atoms in total. The molecule has 96 valence electrons. The van der Waals surface area contributed by atoms with Gasteiger partial charge in [0.2, 0.25) is 0 Å². The van der Waals surface area contributed by atoms with Crippen LogP contribution in [0.15, 0.2) is 33.8 Å². The number of fused-ring (bicyclic) bond motifs is 1. The SMILES string of the molecule is CN(C)C1CC(C2=C3C=NC=C[N+]3([AsH2])C(I)=N2)C1. The van der Waals surface area contributed by atoms with Crippen LogP contribution in [-0.4, -0.2) is 55.6 Å². The summed E-state index contributed by atoms with van der Waals surface area (Å²) >= 11 is 4.02. The van der Waals surface area contributed by atoms with E-state index in [-0.39, 0.29) is 0 Å². The van der Waals surface area contributed by atoms with Crippen LogP contribution < -0.4 is 0 Å². The first kappa shape index (κ1) is 13.0. The van der Waals surface area contributed by atoms with Gasteiger partial charge in [-0.05, 0) is 0 Å². The van der Waals surface area contributed by atoms with E-state index in [4.69, 9.17) is 4.99 Å². The third kappa shape index (κ3) is 1.87. The maximum atomic E-state index is 4.83. The van der Waals surface area contributed by atoms with Crippen LogP contribution in [0, 0.1) is 5.92 Å². The van der Waals surface area contributed by atoms with E-state index in [0.29, 0.717) is 5.92 Å². The Morgan fingerprint density at radius 1 is 1.44 bits per heavy atom. The molecule has 1 saturated carbocycles. The topological polar surface area (TPSA) is 28.0 Å². The fourth-order valence-corrected chi connectivity index (χ4v) is 4.00. The summed E-state index contributed by atoms with van der Waals surface area (Å²) in [5, 5.41) is 0. The molecule has 1 fully saturated rings. The first-order valence-corrected chi connectivity index (χ1v) is 8.22. The van der Waals surface area contributed by atoms with Crippen LogP contribution in [0.3, 0.4) is 0 Å². The molecule has 0 bridgehead atoms. The van der Waals surface area contributed by atoms with Crippen molar-refractivity contribution in [2.24, 2.45) is 15.9 Å². The Balaban J connectivity index is 1.87. The van der Waals surface area contributed by atoms with Crippen molar-refractivity contribution in [3.63, 3.8) is 0 Å². The zero-order valence-corrected chi connectivity index (χ0v) is 15.1. The second kappa shape index (κ2) is 4.54. The molecule has 0 amide bonds. The van der Waals surface area contributed by atoms with Crippen molar-refractivity contribution in [2.75, 3.05) is 14.1 Å². The van der Waals surface area contributed by atoms with E-state index in [2.05, 4.69) is 52.8 Å². The molecule has 0 aromatic heterocycles. The van der Waals surface area contributed by atoms with E-state index in [1.165, 1.54) is 24.2 Å². The van der Waals surface area contributed by atoms with E-state index in [9.17, 15) is 0 Å². The van der Waals surface area contributed by atoms with Gasteiger partial charge in [0.1, 0.15) is 0 Å². The van der Waals surface area contributed by atoms with Crippen LogP contribution in [0.25, 0.3) is 0 Å². The normalized spacial score (nSPS) is 37.9. The molecule has 6 heteroatoms.